The van der Waals surface area contributed by atoms with Crippen LogP contribution in [0.25, 0.3) is 0 Å². The third-order valence-corrected chi connectivity index (χ3v) is 4.29. The van der Waals surface area contributed by atoms with E-state index in [2.05, 4.69) is 26.0 Å². The van der Waals surface area contributed by atoms with Gasteiger partial charge >= 0.3 is 0 Å². The molecule has 4 N–H and O–H groups in total. The van der Waals surface area contributed by atoms with E-state index < -0.39 is 0 Å². The molecule has 0 saturated heterocycles. The minimum Gasteiger partial charge on any atom is -0.330 e. The van der Waals surface area contributed by atoms with Gasteiger partial charge in [0.05, 0.1) is 0 Å². The Labute approximate surface area is 96.7 Å². The first-order valence-electron chi connectivity index (χ1n) is 5.71. The highest BCUT2D eigenvalue weighted by molar-refractivity contribution is 7.12. The van der Waals surface area contributed by atoms with Crippen LogP contribution in [0.2, 0.25) is 0 Å². The smallest absolute Gasteiger partial charge is 0.00801 e. The van der Waals surface area contributed by atoms with Gasteiger partial charge in [0.15, 0.2) is 0 Å². The van der Waals surface area contributed by atoms with E-state index in [0.717, 1.165) is 0 Å². The summed E-state index contributed by atoms with van der Waals surface area (Å²) < 4.78 is 0. The van der Waals surface area contributed by atoms with Crippen molar-refractivity contribution in [3.63, 3.8) is 0 Å². The number of aryl methyl sites for hydroxylation is 1. The highest BCUT2D eigenvalue weighted by Gasteiger charge is 2.17. The Balaban J connectivity index is 2.68. The summed E-state index contributed by atoms with van der Waals surface area (Å²) in [4.78, 5) is 2.91. The minimum atomic E-state index is 0.415. The molecule has 1 unspecified atom stereocenters. The van der Waals surface area contributed by atoms with Crippen LogP contribution in [0.1, 0.15) is 35.9 Å². The molecule has 0 bridgehead atoms. The first-order valence-corrected chi connectivity index (χ1v) is 6.53. The number of nitrogens with two attached hydrogens (primary N) is 2. The zero-order valence-electron chi connectivity index (χ0n) is 9.70. The monoisotopic (exact) mass is 226 g/mol. The largest absolute Gasteiger partial charge is 0.330 e. The maximum absolute atomic E-state index is 5.71. The normalized spacial score (nSPS) is 13.4. The Hall–Kier alpha value is -0.380. The van der Waals surface area contributed by atoms with E-state index in [-0.39, 0.29) is 0 Å². The average molecular weight is 226 g/mol. The van der Waals surface area contributed by atoms with Gasteiger partial charge in [-0.25, -0.2) is 0 Å². The molecule has 0 aliphatic rings. The molecule has 2 nitrogen and oxygen atoms in total. The van der Waals surface area contributed by atoms with Gasteiger partial charge in [-0.15, -0.1) is 11.3 Å². The molecule has 0 aliphatic carbocycles. The van der Waals surface area contributed by atoms with E-state index in [9.17, 15) is 0 Å². The molecule has 0 fully saturated rings. The van der Waals surface area contributed by atoms with Crippen LogP contribution in [0, 0.1) is 5.92 Å². The van der Waals surface area contributed by atoms with Gasteiger partial charge in [-0.05, 0) is 43.5 Å². The number of hydrogen-bond donors (Lipinski definition) is 2. The lowest BCUT2D eigenvalue weighted by molar-refractivity contribution is 0.472. The predicted molar refractivity (Wildman–Crippen MR) is 68.3 cm³/mol. The molecule has 0 aliphatic heterocycles. The molecule has 0 aromatic carbocycles. The van der Waals surface area contributed by atoms with Gasteiger partial charge < -0.3 is 11.5 Å². The van der Waals surface area contributed by atoms with Crippen molar-refractivity contribution < 1.29 is 0 Å². The Morgan fingerprint density at radius 3 is 2.47 bits per heavy atom. The summed E-state index contributed by atoms with van der Waals surface area (Å²) in [5, 5.41) is 0. The molecule has 1 rings (SSSR count). The van der Waals surface area contributed by atoms with E-state index >= 15 is 0 Å². The summed E-state index contributed by atoms with van der Waals surface area (Å²) in [6.45, 7) is 5.80. The summed E-state index contributed by atoms with van der Waals surface area (Å²) in [7, 11) is 0. The Bertz CT molecular complexity index is 279. The third kappa shape index (κ3) is 3.30. The van der Waals surface area contributed by atoms with Crippen LogP contribution in [0.15, 0.2) is 12.1 Å². The van der Waals surface area contributed by atoms with Crippen LogP contribution in [0.5, 0.6) is 0 Å². The molecular formula is C12H22N2S. The van der Waals surface area contributed by atoms with Gasteiger partial charge in [0, 0.05) is 9.75 Å². The Morgan fingerprint density at radius 1 is 1.27 bits per heavy atom. The van der Waals surface area contributed by atoms with Gasteiger partial charge in [0.1, 0.15) is 0 Å². The highest BCUT2D eigenvalue weighted by atomic mass is 32.1. The molecular weight excluding hydrogens is 204 g/mol. The van der Waals surface area contributed by atoms with E-state index in [1.165, 1.54) is 22.6 Å². The van der Waals surface area contributed by atoms with Crippen LogP contribution < -0.4 is 11.5 Å². The quantitative estimate of drug-likeness (QED) is 0.782. The molecule has 1 heterocycles. The number of thiophene rings is 1. The average Bonchev–Trinajstić information content (AvgIpc) is 2.68. The standard InChI is InChI=1S/C12H22N2S/c1-3-4-11-5-6-12(15-11)9(2)10(7-13)8-14/h5-6,9-10H,3-4,7-8,13-14H2,1-2H3. The predicted octanol–water partition coefficient (Wildman–Crippen LogP) is 2.34. The van der Waals surface area contributed by atoms with Gasteiger partial charge in [0.2, 0.25) is 0 Å². The molecule has 1 aromatic rings. The summed E-state index contributed by atoms with van der Waals surface area (Å²) in [5.74, 6) is 0.911. The fourth-order valence-electron chi connectivity index (χ4n) is 1.76. The van der Waals surface area contributed by atoms with Crippen molar-refractivity contribution >= 4 is 11.3 Å². The fraction of sp³-hybridized carbons (Fsp3) is 0.667. The SMILES string of the molecule is CCCc1ccc(C(C)C(CN)CN)s1. The van der Waals surface area contributed by atoms with Crippen LogP contribution in [0.3, 0.4) is 0 Å². The lowest BCUT2D eigenvalue weighted by Crippen LogP contribution is -2.27. The first-order chi connectivity index (χ1) is 7.22. The van der Waals surface area contributed by atoms with Gasteiger partial charge in [0.25, 0.3) is 0 Å². The lowest BCUT2D eigenvalue weighted by Gasteiger charge is -2.19. The second-order valence-corrected chi connectivity index (χ2v) is 5.27. The molecule has 0 radical (unpaired) electrons. The molecule has 0 spiro atoms. The van der Waals surface area contributed by atoms with Crippen LogP contribution >= 0.6 is 11.3 Å². The van der Waals surface area contributed by atoms with Crippen molar-refractivity contribution in [1.82, 2.24) is 0 Å². The molecule has 0 amide bonds. The number of rotatable bonds is 6. The third-order valence-electron chi connectivity index (χ3n) is 2.94. The molecule has 1 aromatic heterocycles. The summed E-state index contributed by atoms with van der Waals surface area (Å²) in [6.07, 6.45) is 2.40. The lowest BCUT2D eigenvalue weighted by atomic mass is 9.93. The fourth-order valence-corrected chi connectivity index (χ4v) is 3.02. The van der Waals surface area contributed by atoms with E-state index in [1.54, 1.807) is 0 Å². The van der Waals surface area contributed by atoms with Gasteiger partial charge in [-0.1, -0.05) is 20.3 Å². The zero-order chi connectivity index (χ0) is 11.3. The summed E-state index contributed by atoms with van der Waals surface area (Å²) in [5.41, 5.74) is 11.4. The molecule has 3 heteroatoms. The van der Waals surface area contributed by atoms with E-state index in [4.69, 9.17) is 11.5 Å². The van der Waals surface area contributed by atoms with Crippen molar-refractivity contribution in [1.29, 1.82) is 0 Å². The first kappa shape index (κ1) is 12.7. The maximum Gasteiger partial charge on any atom is 0.00801 e. The Morgan fingerprint density at radius 2 is 1.93 bits per heavy atom. The van der Waals surface area contributed by atoms with Crippen LogP contribution in [0.4, 0.5) is 0 Å². The van der Waals surface area contributed by atoms with Gasteiger partial charge in [-0.3, -0.25) is 0 Å². The van der Waals surface area contributed by atoms with Crippen molar-refractivity contribution in [2.75, 3.05) is 13.1 Å². The van der Waals surface area contributed by atoms with E-state index in [0.29, 0.717) is 24.9 Å². The van der Waals surface area contributed by atoms with Crippen molar-refractivity contribution in [3.05, 3.63) is 21.9 Å². The second-order valence-electron chi connectivity index (χ2n) is 4.07. The minimum absolute atomic E-state index is 0.415. The molecule has 0 saturated carbocycles. The van der Waals surface area contributed by atoms with Crippen LogP contribution in [-0.4, -0.2) is 13.1 Å². The molecule has 86 valence electrons. The van der Waals surface area contributed by atoms with Crippen molar-refractivity contribution in [3.8, 4) is 0 Å². The zero-order valence-corrected chi connectivity index (χ0v) is 10.5. The van der Waals surface area contributed by atoms with Crippen molar-refractivity contribution in [2.24, 2.45) is 17.4 Å². The number of hydrogen-bond acceptors (Lipinski definition) is 3. The van der Waals surface area contributed by atoms with Gasteiger partial charge in [-0.2, -0.15) is 0 Å². The summed E-state index contributed by atoms with van der Waals surface area (Å²) >= 11 is 1.91. The van der Waals surface area contributed by atoms with Crippen molar-refractivity contribution in [2.45, 2.75) is 32.6 Å². The van der Waals surface area contributed by atoms with E-state index in [1.807, 2.05) is 11.3 Å². The Kier molecular flexibility index (Phi) is 5.29. The second kappa shape index (κ2) is 6.26. The topological polar surface area (TPSA) is 52.0 Å². The molecule has 15 heavy (non-hydrogen) atoms. The van der Waals surface area contributed by atoms with Crippen LogP contribution in [-0.2, 0) is 6.42 Å². The summed E-state index contributed by atoms with van der Waals surface area (Å²) in [6, 6.07) is 4.47. The highest BCUT2D eigenvalue weighted by Crippen LogP contribution is 2.30. The maximum atomic E-state index is 5.71. The molecule has 1 atom stereocenters.